The number of rotatable bonds is 9. The second kappa shape index (κ2) is 9.20. The third-order valence-electron chi connectivity index (χ3n) is 3.73. The van der Waals surface area contributed by atoms with Gasteiger partial charge in [-0.3, -0.25) is 0 Å². The predicted molar refractivity (Wildman–Crippen MR) is 88.6 cm³/mol. The summed E-state index contributed by atoms with van der Waals surface area (Å²) in [6.45, 7) is 10.3. The topological polar surface area (TPSA) is 63.0 Å². The van der Waals surface area contributed by atoms with Crippen molar-refractivity contribution in [2.75, 3.05) is 20.3 Å². The maximum absolute atomic E-state index is 10.5. The van der Waals surface area contributed by atoms with Gasteiger partial charge in [-0.05, 0) is 51.5 Å². The summed E-state index contributed by atoms with van der Waals surface area (Å²) in [6.07, 6.45) is 2.45. The number of carboxylic acids is 1. The van der Waals surface area contributed by atoms with Gasteiger partial charge in [0.05, 0.1) is 25.2 Å². The van der Waals surface area contributed by atoms with Crippen LogP contribution in [0, 0.1) is 0 Å². The van der Waals surface area contributed by atoms with E-state index in [-0.39, 0.29) is 0 Å². The van der Waals surface area contributed by atoms with E-state index in [4.69, 9.17) is 9.47 Å². The first kappa shape index (κ1) is 19.0. The van der Waals surface area contributed by atoms with E-state index in [1.807, 2.05) is 0 Å². The first-order valence-corrected chi connectivity index (χ1v) is 7.90. The van der Waals surface area contributed by atoms with Crippen LogP contribution in [0.4, 0.5) is 0 Å². The van der Waals surface area contributed by atoms with Gasteiger partial charge in [0.2, 0.25) is 0 Å². The third kappa shape index (κ3) is 6.32. The van der Waals surface area contributed by atoms with Crippen LogP contribution in [0.1, 0.15) is 33.3 Å². The molecule has 0 amide bonds. The molecule has 0 saturated carbocycles. The Morgan fingerprint density at radius 2 is 1.87 bits per heavy atom. The first-order chi connectivity index (χ1) is 10.8. The number of hydrogen-bond acceptors (Lipinski definition) is 4. The summed E-state index contributed by atoms with van der Waals surface area (Å²) >= 11 is 0. The average molecular weight is 321 g/mol. The Balaban J connectivity index is 2.71. The molecule has 0 heterocycles. The smallest absolute Gasteiger partial charge is 0.161 e. The van der Waals surface area contributed by atoms with Gasteiger partial charge in [-0.25, -0.2) is 0 Å². The van der Waals surface area contributed by atoms with E-state index in [0.717, 1.165) is 18.2 Å². The molecule has 1 rings (SSSR count). The Kier molecular flexibility index (Phi) is 7.62. The lowest BCUT2D eigenvalue weighted by molar-refractivity contribution is -0.942. The van der Waals surface area contributed by atoms with Crippen LogP contribution in [0.2, 0.25) is 0 Å². The molecule has 0 aliphatic carbocycles. The van der Waals surface area contributed by atoms with E-state index < -0.39 is 5.97 Å². The van der Waals surface area contributed by atoms with Gasteiger partial charge in [0, 0.05) is 0 Å². The van der Waals surface area contributed by atoms with Crippen LogP contribution in [-0.4, -0.2) is 38.3 Å². The molecule has 0 fully saturated rings. The molecule has 0 saturated heterocycles. The molecule has 0 unspecified atom stereocenters. The lowest BCUT2D eigenvalue weighted by Gasteiger charge is -2.27. The largest absolute Gasteiger partial charge is 0.545 e. The number of carbonyl (C=O) groups excluding carboxylic acids is 1. The van der Waals surface area contributed by atoms with Crippen LogP contribution in [0.15, 0.2) is 24.3 Å². The summed E-state index contributed by atoms with van der Waals surface area (Å²) in [7, 11) is 1.56. The van der Waals surface area contributed by atoms with Crippen molar-refractivity contribution in [1.29, 1.82) is 0 Å². The van der Waals surface area contributed by atoms with Crippen molar-refractivity contribution in [2.24, 2.45) is 0 Å². The molecule has 1 N–H and O–H groups in total. The van der Waals surface area contributed by atoms with Gasteiger partial charge < -0.3 is 24.3 Å². The van der Waals surface area contributed by atoms with Crippen molar-refractivity contribution >= 4 is 12.0 Å². The summed E-state index contributed by atoms with van der Waals surface area (Å²) in [4.78, 5) is 11.9. The van der Waals surface area contributed by atoms with E-state index in [1.165, 1.54) is 11.0 Å². The van der Waals surface area contributed by atoms with Crippen molar-refractivity contribution in [3.05, 3.63) is 29.8 Å². The average Bonchev–Trinajstić information content (AvgIpc) is 2.49. The molecule has 5 heteroatoms. The van der Waals surface area contributed by atoms with Crippen molar-refractivity contribution in [2.45, 2.75) is 39.8 Å². The summed E-state index contributed by atoms with van der Waals surface area (Å²) in [6, 6.07) is 6.39. The number of carbonyl (C=O) groups is 1. The molecule has 5 nitrogen and oxygen atoms in total. The first-order valence-electron chi connectivity index (χ1n) is 7.90. The zero-order valence-electron chi connectivity index (χ0n) is 14.6. The highest BCUT2D eigenvalue weighted by Crippen LogP contribution is 2.28. The maximum atomic E-state index is 10.5. The standard InChI is InChI=1S/C18H27NO4/c1-13(2)19(14(3)4)10-11-23-16-8-6-15(7-9-18(20)21)12-17(16)22-5/h6-9,12-14H,10-11H2,1-5H3,(H,20,21)/b9-7+. The highest BCUT2D eigenvalue weighted by Gasteiger charge is 2.17. The molecule has 0 aromatic heterocycles. The molecule has 1 aromatic rings. The number of ether oxygens (including phenoxy) is 2. The van der Waals surface area contributed by atoms with E-state index in [9.17, 15) is 9.90 Å². The van der Waals surface area contributed by atoms with Gasteiger partial charge in [-0.2, -0.15) is 0 Å². The molecule has 0 aliphatic rings. The van der Waals surface area contributed by atoms with Crippen LogP contribution < -0.4 is 19.5 Å². The Morgan fingerprint density at radius 1 is 1.22 bits per heavy atom. The molecule has 0 atom stereocenters. The van der Waals surface area contributed by atoms with E-state index in [1.54, 1.807) is 25.3 Å². The molecule has 0 bridgehead atoms. The van der Waals surface area contributed by atoms with Crippen molar-refractivity contribution in [3.63, 3.8) is 0 Å². The highest BCUT2D eigenvalue weighted by molar-refractivity contribution is 5.83. The van der Waals surface area contributed by atoms with Crippen LogP contribution in [-0.2, 0) is 4.79 Å². The van der Waals surface area contributed by atoms with E-state index >= 15 is 0 Å². The van der Waals surface area contributed by atoms with Crippen LogP contribution in [0.5, 0.6) is 11.5 Å². The fourth-order valence-electron chi connectivity index (χ4n) is 2.59. The lowest BCUT2D eigenvalue weighted by Crippen LogP contribution is -3.18. The van der Waals surface area contributed by atoms with Gasteiger partial charge in [-0.1, -0.05) is 12.1 Å². The number of carboxylic acid groups (broad SMARTS) is 1. The number of benzene rings is 1. The SMILES string of the molecule is COc1cc(/C=C/C(=O)[O-])ccc1OCC[NH+](C(C)C)C(C)C. The number of methoxy groups -OCH3 is 1. The summed E-state index contributed by atoms with van der Waals surface area (Å²) in [5.74, 6) is 0.0147. The molecule has 128 valence electrons. The summed E-state index contributed by atoms with van der Waals surface area (Å²) in [5, 5.41) is 10.5. The molecule has 0 aliphatic heterocycles. The van der Waals surface area contributed by atoms with Crippen molar-refractivity contribution in [1.82, 2.24) is 0 Å². The minimum atomic E-state index is -1.23. The zero-order valence-corrected chi connectivity index (χ0v) is 14.6. The van der Waals surface area contributed by atoms with Crippen molar-refractivity contribution < 1.29 is 24.3 Å². The Bertz CT molecular complexity index is 530. The highest BCUT2D eigenvalue weighted by atomic mass is 16.5. The monoisotopic (exact) mass is 321 g/mol. The van der Waals surface area contributed by atoms with Gasteiger partial charge in [0.1, 0.15) is 13.2 Å². The van der Waals surface area contributed by atoms with Gasteiger partial charge >= 0.3 is 0 Å². The molecule has 23 heavy (non-hydrogen) atoms. The Morgan fingerprint density at radius 3 is 2.39 bits per heavy atom. The minimum absolute atomic E-state index is 0.539. The molecular weight excluding hydrogens is 294 g/mol. The number of aliphatic carboxylic acids is 1. The van der Waals surface area contributed by atoms with Gasteiger partial charge in [0.25, 0.3) is 0 Å². The Labute approximate surface area is 138 Å². The maximum Gasteiger partial charge on any atom is 0.161 e. The second-order valence-electron chi connectivity index (χ2n) is 6.05. The number of nitrogens with one attached hydrogen (secondary N) is 1. The quantitative estimate of drug-likeness (QED) is 0.674. The van der Waals surface area contributed by atoms with E-state index in [0.29, 0.717) is 30.2 Å². The lowest BCUT2D eigenvalue weighted by atomic mass is 10.2. The second-order valence-corrected chi connectivity index (χ2v) is 6.05. The van der Waals surface area contributed by atoms with Gasteiger partial charge in [-0.15, -0.1) is 0 Å². The predicted octanol–water partition coefficient (Wildman–Crippen LogP) is 0.539. The third-order valence-corrected chi connectivity index (χ3v) is 3.73. The Hall–Kier alpha value is -2.01. The van der Waals surface area contributed by atoms with Crippen LogP contribution in [0.3, 0.4) is 0 Å². The fourth-order valence-corrected chi connectivity index (χ4v) is 2.59. The molecular formula is C18H27NO4. The minimum Gasteiger partial charge on any atom is -0.545 e. The number of quaternary nitrogens is 1. The normalized spacial score (nSPS) is 11.7. The summed E-state index contributed by atoms with van der Waals surface area (Å²) < 4.78 is 11.2. The van der Waals surface area contributed by atoms with Gasteiger partial charge in [0.15, 0.2) is 11.5 Å². The summed E-state index contributed by atoms with van der Waals surface area (Å²) in [5.41, 5.74) is 0.718. The fraction of sp³-hybridized carbons (Fsp3) is 0.500. The van der Waals surface area contributed by atoms with E-state index in [2.05, 4.69) is 27.7 Å². The molecule has 0 spiro atoms. The zero-order chi connectivity index (χ0) is 17.4. The molecule has 1 aromatic carbocycles. The molecule has 0 radical (unpaired) electrons. The van der Waals surface area contributed by atoms with Crippen LogP contribution in [0.25, 0.3) is 6.08 Å². The number of hydrogen-bond donors (Lipinski definition) is 1. The van der Waals surface area contributed by atoms with Crippen LogP contribution >= 0.6 is 0 Å². The van der Waals surface area contributed by atoms with Crippen molar-refractivity contribution in [3.8, 4) is 11.5 Å².